The van der Waals surface area contributed by atoms with Crippen molar-refractivity contribution < 1.29 is 13.3 Å². The molecule has 9 nitrogen and oxygen atoms in total. The molecule has 0 aliphatic heterocycles. The summed E-state index contributed by atoms with van der Waals surface area (Å²) in [6, 6.07) is 198. The first kappa shape index (κ1) is 89.7. The van der Waals surface area contributed by atoms with E-state index in [0.29, 0.717) is 0 Å². The highest BCUT2D eigenvalue weighted by Gasteiger charge is 2.28. The second kappa shape index (κ2) is 39.1. The van der Waals surface area contributed by atoms with Crippen molar-refractivity contribution in [3.63, 3.8) is 0 Å². The summed E-state index contributed by atoms with van der Waals surface area (Å²) in [5.41, 5.74) is 30.1. The highest BCUT2D eigenvalue weighted by Crippen LogP contribution is 2.54. The van der Waals surface area contributed by atoms with Gasteiger partial charge in [0, 0.05) is 196 Å². The average molecular weight is 1980 g/mol. The predicted molar refractivity (Wildman–Crippen MR) is 639 cm³/mol. The molecule has 0 amide bonds. The van der Waals surface area contributed by atoms with E-state index in [9.17, 15) is 0 Å². The lowest BCUT2D eigenvalue weighted by Gasteiger charge is -2.27. The summed E-state index contributed by atoms with van der Waals surface area (Å²) in [6.07, 6.45) is 0. The molecule has 23 aromatic carbocycles. The molecule has 0 saturated carbocycles. The molecule has 6 heterocycles. The van der Waals surface area contributed by atoms with Gasteiger partial charge in [0.1, 0.15) is 33.5 Å². The second-order valence-electron chi connectivity index (χ2n) is 37.3. The Kier molecular flexibility index (Phi) is 23.4. The van der Waals surface area contributed by atoms with Gasteiger partial charge in [0.05, 0.1) is 17.1 Å². The zero-order valence-electron chi connectivity index (χ0n) is 81.2. The molecule has 29 aromatic rings. The fourth-order valence-electron chi connectivity index (χ4n) is 21.5. The number of benzene rings is 23. The fourth-order valence-corrected chi connectivity index (χ4v) is 24.9. The van der Waals surface area contributed by atoms with Gasteiger partial charge in [-0.25, -0.2) is 0 Å². The summed E-state index contributed by atoms with van der Waals surface area (Å²) >= 11 is 5.52. The Labute approximate surface area is 878 Å². The maximum absolute atomic E-state index is 6.41. The molecule has 29 rings (SSSR count). The fraction of sp³-hybridized carbons (Fsp3) is 0. The van der Waals surface area contributed by atoms with Crippen molar-refractivity contribution >= 4 is 263 Å². The number of para-hydroxylation sites is 10. The smallest absolute Gasteiger partial charge is 0.137 e. The summed E-state index contributed by atoms with van der Waals surface area (Å²) in [4.78, 5) is 14.1. The van der Waals surface area contributed by atoms with Crippen LogP contribution in [0, 0.1) is 0 Å². The van der Waals surface area contributed by atoms with Crippen molar-refractivity contribution in [2.45, 2.75) is 0 Å². The third-order valence-corrected chi connectivity index (χ3v) is 31.7. The quantitative estimate of drug-likeness (QED) is 0.0743. The van der Waals surface area contributed by atoms with Gasteiger partial charge in [-0.1, -0.05) is 303 Å². The molecule has 150 heavy (non-hydrogen) atoms. The molecular weight excluding hydrogens is 1890 g/mol. The van der Waals surface area contributed by atoms with Crippen molar-refractivity contribution in [1.82, 2.24) is 0 Å². The van der Waals surface area contributed by atoms with Gasteiger partial charge in [-0.15, -0.1) is 34.0 Å². The molecule has 0 saturated heterocycles. The first-order chi connectivity index (χ1) is 74.4. The molecule has 6 aromatic heterocycles. The second-order valence-corrected chi connectivity index (χ2v) is 40.6. The molecule has 0 N–H and O–H groups in total. The van der Waals surface area contributed by atoms with Crippen molar-refractivity contribution in [3.8, 4) is 22.3 Å². The number of furan rings is 3. The number of anilines is 18. The highest BCUT2D eigenvalue weighted by atomic mass is 32.1. The molecule has 0 radical (unpaired) electrons. The Morgan fingerprint density at radius 3 is 0.580 bits per heavy atom. The van der Waals surface area contributed by atoms with E-state index in [0.717, 1.165) is 168 Å². The van der Waals surface area contributed by atoms with Crippen LogP contribution in [0.3, 0.4) is 0 Å². The Balaban J connectivity index is 0.000000111. The first-order valence-electron chi connectivity index (χ1n) is 50.5. The Morgan fingerprint density at radius 2 is 0.313 bits per heavy atom. The minimum Gasteiger partial charge on any atom is -0.456 e. The third-order valence-electron chi connectivity index (χ3n) is 28.3. The number of rotatable bonds is 20. The minimum absolute atomic E-state index is 0.874. The molecule has 0 aliphatic carbocycles. The Hall–Kier alpha value is -19.1. The van der Waals surface area contributed by atoms with Gasteiger partial charge in [0.15, 0.2) is 0 Å². The molecule has 0 fully saturated rings. The van der Waals surface area contributed by atoms with E-state index < -0.39 is 0 Å². The van der Waals surface area contributed by atoms with E-state index in [-0.39, 0.29) is 0 Å². The van der Waals surface area contributed by atoms with Crippen LogP contribution in [0.1, 0.15) is 0 Å². The van der Waals surface area contributed by atoms with Gasteiger partial charge in [-0.2, -0.15) is 0 Å². The third kappa shape index (κ3) is 16.8. The van der Waals surface area contributed by atoms with Gasteiger partial charge in [-0.3, -0.25) is 0 Å². The zero-order chi connectivity index (χ0) is 99.3. The SMILES string of the molecule is c1ccc(-c2ccc(N(c3ccc4c(c3)oc3ccccc34)c3cccc4sc5cc(N(c6ccccc6)c6ccccc6)ccc5c34)cc2)cc1.c1ccc(-c2ccc(N(c3ccccc3)c3ccc4c(c3)sc3cccc(N(c5ccccc5)c5ccc6c(c5)oc5ccccc56)c34)cc2)cc1.c1ccc(N(c2ccccc2)c2ccc3c(c2)sc2cccc(N(c4ccccc4)c4ccc5c(c4)oc4ccccc45)c23)cc1. The van der Waals surface area contributed by atoms with Gasteiger partial charge >= 0.3 is 0 Å². The Morgan fingerprint density at radius 1 is 0.120 bits per heavy atom. The van der Waals surface area contributed by atoms with E-state index in [2.05, 4.69) is 551 Å². The standard InChI is InChI=1S/2C48H32N2OS.C42H28N2OS/c1-4-13-33(14-5-1)34-23-25-37(26-24-34)49(35-15-6-2-7-16-35)39-28-30-42-47(32-39)52-46-22-12-20-43(48(42)46)50(36-17-8-3-9-18-36)38-27-29-41-40-19-10-11-21-44(40)51-45(41)31-38;1-4-13-33(14-5-1)34-23-25-37(26-24-34)50(38-27-29-41-40-19-10-11-21-44(40)51-45(41)31-38)43-20-12-22-46-48(43)42-30-28-39(32-47(42)52-46)49(35-15-6-2-7-16-35)36-17-8-3-9-18-36;1-4-13-29(14-5-1)43(30-15-6-2-7-16-30)33-24-26-36-41(28-33)46-40-22-12-20-37(42(36)40)44(31-17-8-3-9-18-31)32-23-25-35-34-19-10-11-21-38(34)45-39(35)27-32/h2*1-32H;1-28H. The molecule has 0 atom stereocenters. The van der Waals surface area contributed by atoms with Gasteiger partial charge < -0.3 is 42.7 Å². The number of thiophene rings is 3. The van der Waals surface area contributed by atoms with Gasteiger partial charge in [-0.05, 0) is 259 Å². The van der Waals surface area contributed by atoms with E-state index in [1.54, 1.807) is 0 Å². The summed E-state index contributed by atoms with van der Waals surface area (Å²) in [5.74, 6) is 0. The number of fused-ring (bicyclic) bond motifs is 18. The summed E-state index contributed by atoms with van der Waals surface area (Å²) in [6.45, 7) is 0. The van der Waals surface area contributed by atoms with Gasteiger partial charge in [0.25, 0.3) is 0 Å². The van der Waals surface area contributed by atoms with Crippen LogP contribution in [0.2, 0.25) is 0 Å². The van der Waals surface area contributed by atoms with Crippen LogP contribution in [-0.2, 0) is 0 Å². The van der Waals surface area contributed by atoms with E-state index in [1.165, 1.54) is 82.8 Å². The Bertz CT molecular complexity index is 9910. The monoisotopic (exact) mass is 1980 g/mol. The predicted octanol–water partition coefficient (Wildman–Crippen LogP) is 42.0. The molecule has 0 bridgehead atoms. The van der Waals surface area contributed by atoms with Crippen LogP contribution in [-0.4, -0.2) is 0 Å². The van der Waals surface area contributed by atoms with E-state index >= 15 is 0 Å². The highest BCUT2D eigenvalue weighted by molar-refractivity contribution is 7.26. The summed E-state index contributed by atoms with van der Waals surface area (Å²) in [5, 5.41) is 14.2. The number of hydrogen-bond acceptors (Lipinski definition) is 12. The molecule has 12 heteroatoms. The maximum Gasteiger partial charge on any atom is 0.137 e. The molecule has 710 valence electrons. The van der Waals surface area contributed by atoms with Crippen molar-refractivity contribution in [1.29, 1.82) is 0 Å². The molecular formula is C138H92N6O3S3. The molecule has 0 unspecified atom stereocenters. The van der Waals surface area contributed by atoms with Crippen molar-refractivity contribution in [2.75, 3.05) is 29.4 Å². The van der Waals surface area contributed by atoms with Crippen molar-refractivity contribution in [2.24, 2.45) is 0 Å². The average Bonchev–Trinajstić information content (AvgIpc) is 1.59. The number of nitrogens with zero attached hydrogens (tertiary/aromatic N) is 6. The normalized spacial score (nSPS) is 11.5. The van der Waals surface area contributed by atoms with Crippen LogP contribution < -0.4 is 29.4 Å². The maximum atomic E-state index is 6.41. The lowest BCUT2D eigenvalue weighted by atomic mass is 10.0. The number of hydrogen-bond donors (Lipinski definition) is 0. The topological polar surface area (TPSA) is 58.9 Å². The van der Waals surface area contributed by atoms with E-state index in [4.69, 9.17) is 13.3 Å². The summed E-state index contributed by atoms with van der Waals surface area (Å²) < 4.78 is 26.6. The lowest BCUT2D eigenvalue weighted by Crippen LogP contribution is -2.10. The van der Waals surface area contributed by atoms with Crippen LogP contribution in [0.5, 0.6) is 0 Å². The lowest BCUT2D eigenvalue weighted by molar-refractivity contribution is 0.668. The van der Waals surface area contributed by atoms with Gasteiger partial charge in [0.2, 0.25) is 0 Å². The first-order valence-corrected chi connectivity index (χ1v) is 52.9. The van der Waals surface area contributed by atoms with Crippen LogP contribution >= 0.6 is 34.0 Å². The van der Waals surface area contributed by atoms with E-state index in [1.807, 2.05) is 70.4 Å². The van der Waals surface area contributed by atoms with Crippen LogP contribution in [0.25, 0.3) is 149 Å². The van der Waals surface area contributed by atoms with Crippen LogP contribution in [0.4, 0.5) is 102 Å². The van der Waals surface area contributed by atoms with Crippen LogP contribution in [0.15, 0.2) is 571 Å². The van der Waals surface area contributed by atoms with Crippen molar-refractivity contribution in [3.05, 3.63) is 558 Å². The molecule has 0 spiro atoms. The zero-order valence-corrected chi connectivity index (χ0v) is 83.7. The molecule has 0 aliphatic rings. The summed E-state index contributed by atoms with van der Waals surface area (Å²) in [7, 11) is 0. The minimum atomic E-state index is 0.874. The largest absolute Gasteiger partial charge is 0.456 e.